The molecular weight excluding hydrogens is 218 g/mol. The zero-order chi connectivity index (χ0) is 13.4. The molecule has 0 aromatic heterocycles. The van der Waals surface area contributed by atoms with Crippen molar-refractivity contribution in [1.29, 1.82) is 0 Å². The average Bonchev–Trinajstić information content (AvgIpc) is 2.29. The fourth-order valence-electron chi connectivity index (χ4n) is 0.977. The summed E-state index contributed by atoms with van der Waals surface area (Å²) in [5.74, 6) is -1.19. The molecular formula is C13H19NO3. The van der Waals surface area contributed by atoms with E-state index in [9.17, 15) is 14.4 Å². The topological polar surface area (TPSA) is 54.5 Å². The van der Waals surface area contributed by atoms with Gasteiger partial charge < -0.3 is 0 Å². The number of imide groups is 3. The third-order valence-electron chi connectivity index (χ3n) is 2.44. The Morgan fingerprint density at radius 1 is 0.941 bits per heavy atom. The van der Waals surface area contributed by atoms with Crippen LogP contribution in [0.1, 0.15) is 40.5 Å². The maximum absolute atomic E-state index is 11.6. The second-order valence-corrected chi connectivity index (χ2v) is 3.84. The number of nitrogens with zero attached hydrogens (tertiary/aromatic N) is 1. The van der Waals surface area contributed by atoms with E-state index in [0.717, 1.165) is 11.1 Å². The molecule has 0 heterocycles. The third kappa shape index (κ3) is 5.24. The quantitative estimate of drug-likeness (QED) is 0.544. The Kier molecular flexibility index (Phi) is 6.79. The van der Waals surface area contributed by atoms with Crippen LogP contribution in [-0.4, -0.2) is 23.1 Å². The molecule has 0 unspecified atom stereocenters. The van der Waals surface area contributed by atoms with E-state index in [0.29, 0.717) is 17.7 Å². The Hall–Kier alpha value is -1.71. The fraction of sp³-hybridized carbons (Fsp3) is 0.462. The predicted octanol–water partition coefficient (Wildman–Crippen LogP) is 2.21. The van der Waals surface area contributed by atoms with Crippen LogP contribution in [0, 0.1) is 0 Å². The summed E-state index contributed by atoms with van der Waals surface area (Å²) in [7, 11) is 0. The van der Waals surface area contributed by atoms with E-state index in [1.165, 1.54) is 12.2 Å². The smallest absolute Gasteiger partial charge is 0.260 e. The average molecular weight is 237 g/mol. The van der Waals surface area contributed by atoms with Gasteiger partial charge in [-0.3, -0.25) is 14.4 Å². The van der Waals surface area contributed by atoms with Crippen LogP contribution in [0.3, 0.4) is 0 Å². The number of hydrogen-bond acceptors (Lipinski definition) is 3. The normalized spacial score (nSPS) is 12.2. The van der Waals surface area contributed by atoms with E-state index >= 15 is 0 Å². The summed E-state index contributed by atoms with van der Waals surface area (Å²) >= 11 is 0. The fourth-order valence-corrected chi connectivity index (χ4v) is 0.977. The summed E-state index contributed by atoms with van der Waals surface area (Å²) in [6.07, 6.45) is 4.28. The molecule has 4 nitrogen and oxygen atoms in total. The van der Waals surface area contributed by atoms with Crippen molar-refractivity contribution in [2.24, 2.45) is 0 Å². The zero-order valence-corrected chi connectivity index (χ0v) is 10.8. The van der Waals surface area contributed by atoms with Gasteiger partial charge in [0.2, 0.25) is 6.41 Å². The Morgan fingerprint density at radius 2 is 1.29 bits per heavy atom. The molecule has 0 aliphatic heterocycles. The number of hydrogen-bond donors (Lipinski definition) is 0. The summed E-state index contributed by atoms with van der Waals surface area (Å²) in [5.41, 5.74) is 1.65. The van der Waals surface area contributed by atoms with Crippen molar-refractivity contribution in [3.05, 3.63) is 23.3 Å². The number of carbonyl (C=O) groups excluding carboxylic acids is 3. The minimum Gasteiger partial charge on any atom is -0.278 e. The van der Waals surface area contributed by atoms with E-state index in [2.05, 4.69) is 0 Å². The van der Waals surface area contributed by atoms with Crippen LogP contribution >= 0.6 is 0 Å². The first-order valence-corrected chi connectivity index (χ1v) is 5.63. The van der Waals surface area contributed by atoms with Gasteiger partial charge in [-0.25, -0.2) is 4.90 Å². The lowest BCUT2D eigenvalue weighted by atomic mass is 10.2. The van der Waals surface area contributed by atoms with E-state index < -0.39 is 11.8 Å². The molecule has 0 aromatic carbocycles. The molecule has 0 saturated carbocycles. The minimum atomic E-state index is -0.593. The highest BCUT2D eigenvalue weighted by atomic mass is 16.2. The van der Waals surface area contributed by atoms with Gasteiger partial charge in [0.1, 0.15) is 0 Å². The molecule has 0 bridgehead atoms. The van der Waals surface area contributed by atoms with Crippen molar-refractivity contribution in [3.8, 4) is 0 Å². The van der Waals surface area contributed by atoms with Crippen molar-refractivity contribution in [3.63, 3.8) is 0 Å². The van der Waals surface area contributed by atoms with Crippen LogP contribution in [0.5, 0.6) is 0 Å². The van der Waals surface area contributed by atoms with Crippen molar-refractivity contribution < 1.29 is 14.4 Å². The van der Waals surface area contributed by atoms with Gasteiger partial charge >= 0.3 is 0 Å². The van der Waals surface area contributed by atoms with Crippen molar-refractivity contribution >= 4 is 18.2 Å². The SMILES string of the molecule is CCC(C)=CC(=O)N(C=O)C(=O)C=C(C)CC. The number of carbonyl (C=O) groups is 3. The van der Waals surface area contributed by atoms with Crippen LogP contribution in [-0.2, 0) is 14.4 Å². The largest absolute Gasteiger partial charge is 0.278 e. The number of allylic oxidation sites excluding steroid dienone is 2. The zero-order valence-electron chi connectivity index (χ0n) is 10.8. The lowest BCUT2D eigenvalue weighted by molar-refractivity contribution is -0.144. The molecule has 0 N–H and O–H groups in total. The van der Waals surface area contributed by atoms with Gasteiger partial charge in [0, 0.05) is 12.2 Å². The van der Waals surface area contributed by atoms with Gasteiger partial charge in [0.15, 0.2) is 0 Å². The Balaban J connectivity index is 4.92. The summed E-state index contributed by atoms with van der Waals surface area (Å²) in [6.45, 7) is 7.34. The molecule has 0 radical (unpaired) electrons. The number of rotatable bonds is 5. The van der Waals surface area contributed by atoms with E-state index in [-0.39, 0.29) is 6.41 Å². The first-order chi connectivity index (χ1) is 7.96. The lowest BCUT2D eigenvalue weighted by Crippen LogP contribution is -2.33. The van der Waals surface area contributed by atoms with Crippen molar-refractivity contribution in [2.75, 3.05) is 0 Å². The maximum atomic E-state index is 11.6. The molecule has 4 heteroatoms. The van der Waals surface area contributed by atoms with Gasteiger partial charge in [-0.15, -0.1) is 0 Å². The Morgan fingerprint density at radius 3 is 1.53 bits per heavy atom. The molecule has 0 aromatic rings. The highest BCUT2D eigenvalue weighted by molar-refractivity contribution is 6.12. The van der Waals surface area contributed by atoms with E-state index in [1.54, 1.807) is 13.8 Å². The van der Waals surface area contributed by atoms with Crippen LogP contribution in [0.4, 0.5) is 0 Å². The molecule has 0 aliphatic rings. The Labute approximate surface area is 102 Å². The number of amides is 3. The highest BCUT2D eigenvalue weighted by Crippen LogP contribution is 2.03. The van der Waals surface area contributed by atoms with Gasteiger partial charge in [0.25, 0.3) is 11.8 Å². The van der Waals surface area contributed by atoms with Gasteiger partial charge in [-0.1, -0.05) is 25.0 Å². The Bertz CT molecular complexity index is 335. The van der Waals surface area contributed by atoms with E-state index in [4.69, 9.17) is 0 Å². The molecule has 3 amide bonds. The van der Waals surface area contributed by atoms with Gasteiger partial charge in [-0.2, -0.15) is 0 Å². The first-order valence-electron chi connectivity index (χ1n) is 5.63. The van der Waals surface area contributed by atoms with Crippen LogP contribution in [0.15, 0.2) is 23.3 Å². The van der Waals surface area contributed by atoms with Gasteiger partial charge in [0.05, 0.1) is 0 Å². The highest BCUT2D eigenvalue weighted by Gasteiger charge is 2.16. The molecule has 17 heavy (non-hydrogen) atoms. The second kappa shape index (κ2) is 7.54. The van der Waals surface area contributed by atoms with E-state index in [1.807, 2.05) is 13.8 Å². The second-order valence-electron chi connectivity index (χ2n) is 3.84. The standard InChI is InChI=1S/C13H19NO3/c1-5-10(3)7-12(16)14(9-15)13(17)8-11(4)6-2/h7-9H,5-6H2,1-4H3. The summed E-state index contributed by atoms with van der Waals surface area (Å²) in [5, 5.41) is 0. The molecule has 0 aliphatic carbocycles. The minimum absolute atomic E-state index is 0.254. The van der Waals surface area contributed by atoms with Crippen LogP contribution in [0.2, 0.25) is 0 Å². The molecule has 0 fully saturated rings. The molecule has 94 valence electrons. The van der Waals surface area contributed by atoms with Crippen LogP contribution in [0.25, 0.3) is 0 Å². The summed E-state index contributed by atoms with van der Waals surface area (Å²) in [4.78, 5) is 34.6. The molecule has 0 spiro atoms. The predicted molar refractivity (Wildman–Crippen MR) is 66.0 cm³/mol. The van der Waals surface area contributed by atoms with Crippen LogP contribution < -0.4 is 0 Å². The maximum Gasteiger partial charge on any atom is 0.260 e. The summed E-state index contributed by atoms with van der Waals surface area (Å²) in [6, 6.07) is 0. The molecule has 0 rings (SSSR count). The summed E-state index contributed by atoms with van der Waals surface area (Å²) < 4.78 is 0. The van der Waals surface area contributed by atoms with Crippen molar-refractivity contribution in [2.45, 2.75) is 40.5 Å². The first kappa shape index (κ1) is 15.3. The van der Waals surface area contributed by atoms with Crippen molar-refractivity contribution in [1.82, 2.24) is 4.90 Å². The molecule has 0 saturated heterocycles. The third-order valence-corrected chi connectivity index (χ3v) is 2.44. The van der Waals surface area contributed by atoms with Gasteiger partial charge in [-0.05, 0) is 26.7 Å². The lowest BCUT2D eigenvalue weighted by Gasteiger charge is -2.10. The molecule has 0 atom stereocenters. The monoisotopic (exact) mass is 237 g/mol.